The molecule has 0 aliphatic heterocycles. The van der Waals surface area contributed by atoms with Crippen molar-refractivity contribution < 1.29 is 20.4 Å². The fourth-order valence-corrected chi connectivity index (χ4v) is 4.35. The maximum atomic E-state index is 9.31. The molecule has 0 unspecified atom stereocenters. The van der Waals surface area contributed by atoms with Crippen molar-refractivity contribution in [1.82, 2.24) is 19.9 Å². The van der Waals surface area contributed by atoms with Gasteiger partial charge in [-0.3, -0.25) is 19.9 Å². The van der Waals surface area contributed by atoms with Gasteiger partial charge in [-0.2, -0.15) is 0 Å². The van der Waals surface area contributed by atoms with Crippen LogP contribution in [0.5, 0.6) is 23.0 Å². The fraction of sp³-hybridized carbons (Fsp3) is 0. The summed E-state index contributed by atoms with van der Waals surface area (Å²) >= 11 is 0. The number of nitrogens with zero attached hydrogens (tertiary/aromatic N) is 4. The van der Waals surface area contributed by atoms with Gasteiger partial charge in [-0.25, -0.2) is 0 Å². The van der Waals surface area contributed by atoms with Crippen molar-refractivity contribution in [2.75, 3.05) is 0 Å². The first-order valence-electron chi connectivity index (χ1n) is 13.6. The molecular formula is C36H28N4O4Sn. The van der Waals surface area contributed by atoms with Crippen LogP contribution in [-0.2, 0) is 0 Å². The fourth-order valence-electron chi connectivity index (χ4n) is 4.35. The molecule has 4 N–H and O–H groups in total. The van der Waals surface area contributed by atoms with E-state index in [2.05, 4.69) is 19.9 Å². The van der Waals surface area contributed by atoms with Crippen LogP contribution in [0.4, 0.5) is 0 Å². The molecule has 0 saturated carbocycles. The number of phenols is 4. The summed E-state index contributed by atoms with van der Waals surface area (Å²) < 4.78 is 0. The van der Waals surface area contributed by atoms with Crippen molar-refractivity contribution in [3.8, 4) is 23.0 Å². The van der Waals surface area contributed by atoms with Gasteiger partial charge in [0.25, 0.3) is 0 Å². The molecule has 8 aromatic rings. The molecule has 9 heteroatoms. The second-order valence-corrected chi connectivity index (χ2v) is 9.41. The van der Waals surface area contributed by atoms with Crippen LogP contribution in [0.2, 0.25) is 0 Å². The molecule has 0 aliphatic rings. The molecule has 4 radical (unpaired) electrons. The van der Waals surface area contributed by atoms with Gasteiger partial charge in [-0.1, -0.05) is 72.8 Å². The number of pyridine rings is 4. The minimum absolute atomic E-state index is 0. The molecule has 45 heavy (non-hydrogen) atoms. The van der Waals surface area contributed by atoms with Gasteiger partial charge < -0.3 is 20.4 Å². The molecule has 0 aliphatic carbocycles. The molecule has 8 rings (SSSR count). The third-order valence-corrected chi connectivity index (χ3v) is 6.45. The molecule has 220 valence electrons. The number of aromatic hydroxyl groups is 4. The van der Waals surface area contributed by atoms with Crippen molar-refractivity contribution in [1.29, 1.82) is 0 Å². The van der Waals surface area contributed by atoms with Crippen LogP contribution in [0.3, 0.4) is 0 Å². The second-order valence-electron chi connectivity index (χ2n) is 9.41. The number of hydrogen-bond acceptors (Lipinski definition) is 8. The molecular weight excluding hydrogens is 671 g/mol. The van der Waals surface area contributed by atoms with Gasteiger partial charge in [-0.05, 0) is 48.5 Å². The Morgan fingerprint density at radius 3 is 0.689 bits per heavy atom. The molecule has 8 nitrogen and oxygen atoms in total. The van der Waals surface area contributed by atoms with E-state index < -0.39 is 0 Å². The van der Waals surface area contributed by atoms with E-state index in [9.17, 15) is 20.4 Å². The maximum Gasteiger partial charge on any atom is 0.141 e. The Balaban J connectivity index is 0.000000136. The summed E-state index contributed by atoms with van der Waals surface area (Å²) in [6.07, 6.45) is 6.67. The Labute approximate surface area is 275 Å². The summed E-state index contributed by atoms with van der Waals surface area (Å²) in [5, 5.41) is 41.1. The molecule has 4 aromatic carbocycles. The number of hydrogen-bond donors (Lipinski definition) is 4. The number of rotatable bonds is 0. The monoisotopic (exact) mass is 700 g/mol. The molecule has 0 atom stereocenters. The minimum Gasteiger partial charge on any atom is -0.506 e. The van der Waals surface area contributed by atoms with E-state index in [0.29, 0.717) is 22.1 Å². The van der Waals surface area contributed by atoms with E-state index >= 15 is 0 Å². The standard InChI is InChI=1S/4C9H7NO.Sn/c4*11-8-5-1-3-7-4-2-6-10-9(7)8;/h4*1-6,11H;. The Morgan fingerprint density at radius 1 is 0.289 bits per heavy atom. The zero-order valence-corrected chi connectivity index (χ0v) is 26.8. The number of para-hydroxylation sites is 4. The van der Waals surface area contributed by atoms with Crippen molar-refractivity contribution in [3.05, 3.63) is 146 Å². The smallest absolute Gasteiger partial charge is 0.141 e. The molecule has 0 fully saturated rings. The van der Waals surface area contributed by atoms with E-state index in [4.69, 9.17) is 0 Å². The third kappa shape index (κ3) is 8.33. The Kier molecular flexibility index (Phi) is 11.4. The first-order chi connectivity index (χ1) is 21.5. The van der Waals surface area contributed by atoms with E-state index in [0.717, 1.165) is 21.5 Å². The average molecular weight is 699 g/mol. The van der Waals surface area contributed by atoms with Gasteiger partial charge in [0.15, 0.2) is 0 Å². The zero-order chi connectivity index (χ0) is 30.7. The first-order valence-corrected chi connectivity index (χ1v) is 13.6. The molecule has 0 saturated heterocycles. The van der Waals surface area contributed by atoms with E-state index in [1.165, 1.54) is 0 Å². The first kappa shape index (κ1) is 32.4. The Hall–Kier alpha value is -5.48. The van der Waals surface area contributed by atoms with E-state index in [1.54, 1.807) is 73.3 Å². The third-order valence-electron chi connectivity index (χ3n) is 6.45. The Morgan fingerprint density at radius 2 is 0.489 bits per heavy atom. The summed E-state index contributed by atoms with van der Waals surface area (Å²) in [5.41, 5.74) is 2.65. The Bertz CT molecular complexity index is 1830. The second kappa shape index (κ2) is 15.8. The summed E-state index contributed by atoms with van der Waals surface area (Å²) in [5.74, 6) is 0.956. The van der Waals surface area contributed by atoms with Gasteiger partial charge in [0.2, 0.25) is 0 Å². The molecule has 0 amide bonds. The maximum absolute atomic E-state index is 9.31. The van der Waals surface area contributed by atoms with Crippen LogP contribution < -0.4 is 0 Å². The topological polar surface area (TPSA) is 132 Å². The van der Waals surface area contributed by atoms with Crippen molar-refractivity contribution in [2.24, 2.45) is 0 Å². The van der Waals surface area contributed by atoms with E-state index in [1.807, 2.05) is 72.8 Å². The molecule has 0 bridgehead atoms. The predicted molar refractivity (Wildman–Crippen MR) is 179 cm³/mol. The predicted octanol–water partition coefficient (Wildman–Crippen LogP) is 7.38. The van der Waals surface area contributed by atoms with Crippen LogP contribution in [0.25, 0.3) is 43.6 Å². The van der Waals surface area contributed by atoms with Gasteiger partial charge >= 0.3 is 0 Å². The number of benzene rings is 4. The van der Waals surface area contributed by atoms with Crippen LogP contribution in [0, 0.1) is 0 Å². The normalized spacial score (nSPS) is 9.96. The molecule has 0 spiro atoms. The van der Waals surface area contributed by atoms with E-state index in [-0.39, 0.29) is 46.9 Å². The summed E-state index contributed by atoms with van der Waals surface area (Å²) in [4.78, 5) is 16.1. The summed E-state index contributed by atoms with van der Waals surface area (Å²) in [6, 6.07) is 36.5. The minimum atomic E-state index is 0. The average Bonchev–Trinajstić information content (AvgIpc) is 3.07. The van der Waals surface area contributed by atoms with Gasteiger partial charge in [0.05, 0.1) is 0 Å². The summed E-state index contributed by atoms with van der Waals surface area (Å²) in [6.45, 7) is 0. The van der Waals surface area contributed by atoms with Crippen LogP contribution >= 0.6 is 0 Å². The number of fused-ring (bicyclic) bond motifs is 4. The van der Waals surface area contributed by atoms with Gasteiger partial charge in [-0.15, -0.1) is 0 Å². The SMILES string of the molecule is Oc1cccc2cccnc12.Oc1cccc2cccnc12.Oc1cccc2cccnc12.Oc1cccc2cccnc12.[Sn]. The molecule has 4 heterocycles. The van der Waals surface area contributed by atoms with Crippen LogP contribution in [0.1, 0.15) is 0 Å². The number of aromatic nitrogens is 4. The van der Waals surface area contributed by atoms with Crippen molar-refractivity contribution in [3.63, 3.8) is 0 Å². The largest absolute Gasteiger partial charge is 0.506 e. The van der Waals surface area contributed by atoms with Crippen molar-refractivity contribution in [2.45, 2.75) is 0 Å². The van der Waals surface area contributed by atoms with Gasteiger partial charge in [0, 0.05) is 70.2 Å². The van der Waals surface area contributed by atoms with Crippen molar-refractivity contribution >= 4 is 67.5 Å². The number of phenolic OH excluding ortho intramolecular Hbond substituents is 4. The summed E-state index contributed by atoms with van der Waals surface area (Å²) in [7, 11) is 0. The van der Waals surface area contributed by atoms with Crippen LogP contribution in [0.15, 0.2) is 146 Å². The quantitative estimate of drug-likeness (QED) is 0.121. The van der Waals surface area contributed by atoms with Gasteiger partial charge in [0.1, 0.15) is 45.1 Å². The molecule has 4 aromatic heterocycles. The van der Waals surface area contributed by atoms with Crippen LogP contribution in [-0.4, -0.2) is 64.3 Å². The zero-order valence-electron chi connectivity index (χ0n) is 23.9.